The lowest BCUT2D eigenvalue weighted by Gasteiger charge is -2.30. The summed E-state index contributed by atoms with van der Waals surface area (Å²) < 4.78 is 39.1. The Bertz CT molecular complexity index is 636. The van der Waals surface area contributed by atoms with Crippen LogP contribution in [0.4, 0.5) is 4.39 Å². The van der Waals surface area contributed by atoms with E-state index in [0.29, 0.717) is 19.4 Å². The van der Waals surface area contributed by atoms with Crippen molar-refractivity contribution in [1.29, 1.82) is 0 Å². The van der Waals surface area contributed by atoms with Crippen LogP contribution in [0.5, 0.6) is 0 Å². The van der Waals surface area contributed by atoms with Gasteiger partial charge in [-0.1, -0.05) is 11.6 Å². The van der Waals surface area contributed by atoms with Gasteiger partial charge in [0.2, 0.25) is 15.9 Å². The summed E-state index contributed by atoms with van der Waals surface area (Å²) in [5.74, 6) is -1.68. The molecule has 0 spiro atoms. The minimum absolute atomic E-state index is 0.0483. The molecule has 0 radical (unpaired) electrons. The lowest BCUT2D eigenvalue weighted by Crippen LogP contribution is -2.44. The molecule has 1 aliphatic rings. The molecule has 0 bridgehead atoms. The van der Waals surface area contributed by atoms with Gasteiger partial charge in [-0.2, -0.15) is 4.31 Å². The summed E-state index contributed by atoms with van der Waals surface area (Å²) >= 11 is 5.61. The van der Waals surface area contributed by atoms with Crippen molar-refractivity contribution in [1.82, 2.24) is 4.31 Å². The highest BCUT2D eigenvalue weighted by Gasteiger charge is 2.32. The molecule has 1 saturated heterocycles. The number of sulfonamides is 1. The molecule has 1 heterocycles. The fraction of sp³-hybridized carbons (Fsp3) is 0.417. The largest absolute Gasteiger partial charge is 0.369 e. The van der Waals surface area contributed by atoms with Crippen LogP contribution in [0.1, 0.15) is 12.8 Å². The van der Waals surface area contributed by atoms with Crippen LogP contribution in [0.2, 0.25) is 5.02 Å². The molecule has 0 saturated carbocycles. The monoisotopic (exact) mass is 320 g/mol. The van der Waals surface area contributed by atoms with E-state index < -0.39 is 27.7 Å². The first kappa shape index (κ1) is 15.2. The van der Waals surface area contributed by atoms with Gasteiger partial charge in [-0.3, -0.25) is 4.79 Å². The summed E-state index contributed by atoms with van der Waals surface area (Å²) in [4.78, 5) is 11.1. The molecule has 1 unspecified atom stereocenters. The van der Waals surface area contributed by atoms with Gasteiger partial charge in [0.15, 0.2) is 0 Å². The van der Waals surface area contributed by atoms with Crippen LogP contribution in [-0.4, -0.2) is 31.7 Å². The Morgan fingerprint density at radius 3 is 2.75 bits per heavy atom. The zero-order chi connectivity index (χ0) is 14.9. The quantitative estimate of drug-likeness (QED) is 0.913. The third-order valence-electron chi connectivity index (χ3n) is 3.32. The number of primary amides is 1. The summed E-state index contributed by atoms with van der Waals surface area (Å²) in [5.41, 5.74) is 5.22. The molecule has 1 aromatic rings. The molecular formula is C12H14ClFN2O3S. The Hall–Kier alpha value is -1.18. The van der Waals surface area contributed by atoms with Gasteiger partial charge in [0, 0.05) is 13.1 Å². The van der Waals surface area contributed by atoms with Crippen molar-refractivity contribution in [3.8, 4) is 0 Å². The van der Waals surface area contributed by atoms with Gasteiger partial charge < -0.3 is 5.73 Å². The number of hydrogen-bond donors (Lipinski definition) is 1. The van der Waals surface area contributed by atoms with Crippen molar-refractivity contribution in [2.45, 2.75) is 17.7 Å². The predicted molar refractivity (Wildman–Crippen MR) is 72.1 cm³/mol. The van der Waals surface area contributed by atoms with Crippen LogP contribution in [-0.2, 0) is 14.8 Å². The topological polar surface area (TPSA) is 80.5 Å². The number of amides is 1. The molecule has 1 aliphatic heterocycles. The Labute approximate surface area is 121 Å². The number of nitrogens with two attached hydrogens (primary N) is 1. The van der Waals surface area contributed by atoms with E-state index in [1.165, 1.54) is 4.31 Å². The fourth-order valence-electron chi connectivity index (χ4n) is 2.18. The molecule has 1 atom stereocenters. The number of nitrogens with zero attached hydrogens (tertiary/aromatic N) is 1. The number of piperidine rings is 1. The van der Waals surface area contributed by atoms with E-state index in [1.54, 1.807) is 0 Å². The summed E-state index contributed by atoms with van der Waals surface area (Å²) in [6.07, 6.45) is 1.13. The Morgan fingerprint density at radius 1 is 1.45 bits per heavy atom. The van der Waals surface area contributed by atoms with E-state index in [2.05, 4.69) is 0 Å². The van der Waals surface area contributed by atoms with E-state index in [4.69, 9.17) is 17.3 Å². The van der Waals surface area contributed by atoms with E-state index in [-0.39, 0.29) is 16.5 Å². The lowest BCUT2D eigenvalue weighted by atomic mass is 9.99. The van der Waals surface area contributed by atoms with Gasteiger partial charge in [-0.05, 0) is 31.0 Å². The maximum absolute atomic E-state index is 13.1. The molecule has 2 rings (SSSR count). The minimum atomic E-state index is -3.79. The molecule has 1 aromatic carbocycles. The van der Waals surface area contributed by atoms with E-state index >= 15 is 0 Å². The average Bonchev–Trinajstić information content (AvgIpc) is 2.42. The number of rotatable bonds is 3. The molecule has 20 heavy (non-hydrogen) atoms. The predicted octanol–water partition coefficient (Wildman–Crippen LogP) is 1.37. The first-order chi connectivity index (χ1) is 9.32. The standard InChI is InChI=1S/C12H14ClFN2O3S/c13-10-6-9(3-4-11(10)14)20(18,19)16-5-1-2-8(7-16)12(15)17/h3-4,6,8H,1-2,5,7H2,(H2,15,17). The third-order valence-corrected chi connectivity index (χ3v) is 5.47. The number of carbonyl (C=O) groups excluding carboxylic acids is 1. The number of hydrogen-bond acceptors (Lipinski definition) is 3. The van der Waals surface area contributed by atoms with Gasteiger partial charge in [-0.25, -0.2) is 12.8 Å². The Kier molecular flexibility index (Phi) is 4.31. The van der Waals surface area contributed by atoms with Gasteiger partial charge >= 0.3 is 0 Å². The zero-order valence-electron chi connectivity index (χ0n) is 10.6. The van der Waals surface area contributed by atoms with Gasteiger partial charge in [-0.15, -0.1) is 0 Å². The maximum atomic E-state index is 13.1. The molecule has 8 heteroatoms. The van der Waals surface area contributed by atoms with Gasteiger partial charge in [0.1, 0.15) is 5.82 Å². The van der Waals surface area contributed by atoms with Crippen LogP contribution in [0.25, 0.3) is 0 Å². The highest BCUT2D eigenvalue weighted by atomic mass is 35.5. The second kappa shape index (κ2) is 5.67. The van der Waals surface area contributed by atoms with Crippen molar-refractivity contribution in [2.75, 3.05) is 13.1 Å². The minimum Gasteiger partial charge on any atom is -0.369 e. The van der Waals surface area contributed by atoms with Crippen LogP contribution in [0.3, 0.4) is 0 Å². The SMILES string of the molecule is NC(=O)C1CCCN(S(=O)(=O)c2ccc(F)c(Cl)c2)C1. The lowest BCUT2D eigenvalue weighted by molar-refractivity contribution is -0.122. The second-order valence-electron chi connectivity index (χ2n) is 4.68. The highest BCUT2D eigenvalue weighted by Crippen LogP contribution is 2.26. The molecule has 1 fully saturated rings. The summed E-state index contributed by atoms with van der Waals surface area (Å²) in [6, 6.07) is 3.23. The summed E-state index contributed by atoms with van der Waals surface area (Å²) in [5, 5.41) is -0.255. The Balaban J connectivity index is 2.29. The summed E-state index contributed by atoms with van der Waals surface area (Å²) in [7, 11) is -3.79. The second-order valence-corrected chi connectivity index (χ2v) is 7.03. The molecule has 0 aromatic heterocycles. The number of halogens is 2. The number of benzene rings is 1. The molecule has 2 N–H and O–H groups in total. The molecule has 1 amide bonds. The van der Waals surface area contributed by atoms with Crippen molar-refractivity contribution < 1.29 is 17.6 Å². The third kappa shape index (κ3) is 2.94. The zero-order valence-corrected chi connectivity index (χ0v) is 12.1. The van der Waals surface area contributed by atoms with Crippen molar-refractivity contribution >= 4 is 27.5 Å². The van der Waals surface area contributed by atoms with Gasteiger partial charge in [0.25, 0.3) is 0 Å². The summed E-state index contributed by atoms with van der Waals surface area (Å²) in [6.45, 7) is 0.355. The van der Waals surface area contributed by atoms with E-state index in [1.807, 2.05) is 0 Å². The Morgan fingerprint density at radius 2 is 2.15 bits per heavy atom. The van der Waals surface area contributed by atoms with Crippen molar-refractivity contribution in [3.05, 3.63) is 29.0 Å². The van der Waals surface area contributed by atoms with Crippen LogP contribution >= 0.6 is 11.6 Å². The van der Waals surface area contributed by atoms with Crippen LogP contribution in [0.15, 0.2) is 23.1 Å². The maximum Gasteiger partial charge on any atom is 0.243 e. The fourth-order valence-corrected chi connectivity index (χ4v) is 3.98. The van der Waals surface area contributed by atoms with Crippen molar-refractivity contribution in [2.24, 2.45) is 11.7 Å². The van der Waals surface area contributed by atoms with Crippen molar-refractivity contribution in [3.63, 3.8) is 0 Å². The molecular weight excluding hydrogens is 307 g/mol. The van der Waals surface area contributed by atoms with Crippen LogP contribution in [0, 0.1) is 11.7 Å². The molecule has 0 aliphatic carbocycles. The highest BCUT2D eigenvalue weighted by molar-refractivity contribution is 7.89. The normalized spacial score (nSPS) is 20.8. The first-order valence-corrected chi connectivity index (χ1v) is 7.88. The van der Waals surface area contributed by atoms with Gasteiger partial charge in [0.05, 0.1) is 15.8 Å². The first-order valence-electron chi connectivity index (χ1n) is 6.07. The average molecular weight is 321 g/mol. The smallest absolute Gasteiger partial charge is 0.243 e. The van der Waals surface area contributed by atoms with Crippen LogP contribution < -0.4 is 5.73 Å². The molecule has 110 valence electrons. The van der Waals surface area contributed by atoms with E-state index in [0.717, 1.165) is 18.2 Å². The number of carbonyl (C=O) groups is 1. The van der Waals surface area contributed by atoms with E-state index in [9.17, 15) is 17.6 Å². The molecule has 5 nitrogen and oxygen atoms in total.